The Kier molecular flexibility index (Phi) is 6.36. The quantitative estimate of drug-likeness (QED) is 0.422. The number of hydrogen-bond donors (Lipinski definition) is 2. The van der Waals surface area contributed by atoms with E-state index < -0.39 is 0 Å². The number of rotatable bonds is 7. The van der Waals surface area contributed by atoms with Gasteiger partial charge in [0.25, 0.3) is 11.8 Å². The van der Waals surface area contributed by atoms with Gasteiger partial charge in [0.05, 0.1) is 11.8 Å². The maximum Gasteiger partial charge on any atom is 0.252 e. The molecule has 0 spiro atoms. The van der Waals surface area contributed by atoms with Gasteiger partial charge in [-0.05, 0) is 41.3 Å². The Morgan fingerprint density at radius 3 is 2.31 bits per heavy atom. The fourth-order valence-corrected chi connectivity index (χ4v) is 3.74. The summed E-state index contributed by atoms with van der Waals surface area (Å²) in [6.45, 7) is 4.37. The molecule has 3 aromatic carbocycles. The van der Waals surface area contributed by atoms with E-state index in [0.717, 1.165) is 16.5 Å². The van der Waals surface area contributed by atoms with E-state index in [1.54, 1.807) is 24.5 Å². The minimum atomic E-state index is -0.223. The molecule has 0 aliphatic heterocycles. The molecule has 0 radical (unpaired) electrons. The van der Waals surface area contributed by atoms with Crippen molar-refractivity contribution >= 4 is 22.8 Å². The van der Waals surface area contributed by atoms with E-state index in [1.165, 1.54) is 0 Å². The average Bonchev–Trinajstić information content (AvgIpc) is 3.31. The molecular formula is C27H26N2O3. The van der Waals surface area contributed by atoms with E-state index in [9.17, 15) is 9.59 Å². The highest BCUT2D eigenvalue weighted by Gasteiger charge is 2.21. The molecule has 0 unspecified atom stereocenters. The lowest BCUT2D eigenvalue weighted by Crippen LogP contribution is -2.46. The predicted molar refractivity (Wildman–Crippen MR) is 127 cm³/mol. The van der Waals surface area contributed by atoms with Crippen LogP contribution in [0.2, 0.25) is 0 Å². The fraction of sp³-hybridized carbons (Fsp3) is 0.185. The van der Waals surface area contributed by atoms with Gasteiger partial charge in [-0.1, -0.05) is 68.4 Å². The number of benzene rings is 3. The molecule has 0 bridgehead atoms. The summed E-state index contributed by atoms with van der Waals surface area (Å²) in [6.07, 6.45) is 1.57. The van der Waals surface area contributed by atoms with Gasteiger partial charge in [0.1, 0.15) is 5.58 Å². The molecule has 0 aliphatic carbocycles. The molecule has 0 saturated carbocycles. The highest BCUT2D eigenvalue weighted by molar-refractivity contribution is 6.06. The number of nitrogens with one attached hydrogen (secondary N) is 2. The minimum Gasteiger partial charge on any atom is -0.464 e. The first-order chi connectivity index (χ1) is 15.5. The van der Waals surface area contributed by atoms with Crippen LogP contribution in [0.3, 0.4) is 0 Å². The molecule has 32 heavy (non-hydrogen) atoms. The molecular weight excluding hydrogens is 400 g/mol. The van der Waals surface area contributed by atoms with Crippen molar-refractivity contribution in [1.29, 1.82) is 0 Å². The maximum atomic E-state index is 13.2. The van der Waals surface area contributed by atoms with Crippen LogP contribution >= 0.6 is 0 Å². The van der Waals surface area contributed by atoms with Crippen molar-refractivity contribution in [3.63, 3.8) is 0 Å². The van der Waals surface area contributed by atoms with Crippen molar-refractivity contribution < 1.29 is 14.0 Å². The average molecular weight is 427 g/mol. The summed E-state index contributed by atoms with van der Waals surface area (Å²) < 4.78 is 5.38. The third-order valence-corrected chi connectivity index (χ3v) is 5.60. The molecule has 162 valence electrons. The van der Waals surface area contributed by atoms with Gasteiger partial charge in [-0.2, -0.15) is 0 Å². The second kappa shape index (κ2) is 9.52. The van der Waals surface area contributed by atoms with Crippen molar-refractivity contribution in [2.45, 2.75) is 19.9 Å². The lowest BCUT2D eigenvalue weighted by atomic mass is 9.98. The molecule has 0 saturated heterocycles. The number of furan rings is 1. The topological polar surface area (TPSA) is 71.3 Å². The van der Waals surface area contributed by atoms with Crippen LogP contribution in [0.25, 0.3) is 22.1 Å². The standard InChI is InChI=1S/C27H26N2O3/c1-18(2)24(17-28-26(30)23-13-8-14-25-21(23)15-16-32-25)29-27(31)22-12-7-6-11-20(22)19-9-4-3-5-10-19/h3-16,18,24H,17H2,1-2H3,(H,28,30)(H,29,31)/t24-/m0/s1. The van der Waals surface area contributed by atoms with Gasteiger partial charge in [0.2, 0.25) is 0 Å². The van der Waals surface area contributed by atoms with Crippen LogP contribution in [0.5, 0.6) is 0 Å². The highest BCUT2D eigenvalue weighted by Crippen LogP contribution is 2.24. The highest BCUT2D eigenvalue weighted by atomic mass is 16.3. The third kappa shape index (κ3) is 4.57. The Labute approximate surface area is 187 Å². The minimum absolute atomic E-state index is 0.132. The summed E-state index contributed by atoms with van der Waals surface area (Å²) in [7, 11) is 0. The van der Waals surface area contributed by atoms with Gasteiger partial charge in [0.15, 0.2) is 0 Å². The normalized spacial score (nSPS) is 12.0. The van der Waals surface area contributed by atoms with Crippen molar-refractivity contribution in [1.82, 2.24) is 10.6 Å². The molecule has 4 rings (SSSR count). The van der Waals surface area contributed by atoms with E-state index in [2.05, 4.69) is 10.6 Å². The summed E-state index contributed by atoms with van der Waals surface area (Å²) in [5.74, 6) is -0.219. The fourth-order valence-electron chi connectivity index (χ4n) is 3.74. The van der Waals surface area contributed by atoms with Crippen molar-refractivity contribution in [2.75, 3.05) is 6.54 Å². The first-order valence-corrected chi connectivity index (χ1v) is 10.7. The Balaban J connectivity index is 1.48. The summed E-state index contributed by atoms with van der Waals surface area (Å²) in [5, 5.41) is 6.85. The van der Waals surface area contributed by atoms with E-state index in [1.807, 2.05) is 74.5 Å². The first kappa shape index (κ1) is 21.4. The smallest absolute Gasteiger partial charge is 0.252 e. The van der Waals surface area contributed by atoms with Crippen LogP contribution in [-0.4, -0.2) is 24.4 Å². The summed E-state index contributed by atoms with van der Waals surface area (Å²) in [4.78, 5) is 26.0. The van der Waals surface area contributed by atoms with Gasteiger partial charge in [0, 0.05) is 23.5 Å². The van der Waals surface area contributed by atoms with E-state index >= 15 is 0 Å². The molecule has 1 atom stereocenters. The van der Waals surface area contributed by atoms with E-state index in [0.29, 0.717) is 23.3 Å². The summed E-state index contributed by atoms with van der Waals surface area (Å²) in [6, 6.07) is 24.4. The van der Waals surface area contributed by atoms with Gasteiger partial charge < -0.3 is 15.1 Å². The second-order valence-corrected chi connectivity index (χ2v) is 8.08. The number of carbonyl (C=O) groups is 2. The molecule has 5 nitrogen and oxygen atoms in total. The Morgan fingerprint density at radius 1 is 0.812 bits per heavy atom. The van der Waals surface area contributed by atoms with E-state index in [4.69, 9.17) is 4.42 Å². The monoisotopic (exact) mass is 426 g/mol. The van der Waals surface area contributed by atoms with Gasteiger partial charge in [-0.3, -0.25) is 9.59 Å². The summed E-state index contributed by atoms with van der Waals surface area (Å²) >= 11 is 0. The molecule has 0 fully saturated rings. The third-order valence-electron chi connectivity index (χ3n) is 5.60. The van der Waals surface area contributed by atoms with Crippen molar-refractivity contribution in [3.8, 4) is 11.1 Å². The number of amides is 2. The van der Waals surface area contributed by atoms with Gasteiger partial charge in [-0.15, -0.1) is 0 Å². The van der Waals surface area contributed by atoms with Gasteiger partial charge >= 0.3 is 0 Å². The first-order valence-electron chi connectivity index (χ1n) is 10.7. The number of hydrogen-bond acceptors (Lipinski definition) is 3. The van der Waals surface area contributed by atoms with Crippen LogP contribution < -0.4 is 10.6 Å². The predicted octanol–water partition coefficient (Wildman–Crippen LogP) is 5.28. The summed E-state index contributed by atoms with van der Waals surface area (Å²) in [5.41, 5.74) is 3.70. The molecule has 1 heterocycles. The van der Waals surface area contributed by atoms with Crippen LogP contribution in [0, 0.1) is 5.92 Å². The molecule has 0 aliphatic rings. The molecule has 1 aromatic heterocycles. The number of fused-ring (bicyclic) bond motifs is 1. The van der Waals surface area contributed by atoms with Gasteiger partial charge in [-0.25, -0.2) is 0 Å². The van der Waals surface area contributed by atoms with Crippen LogP contribution in [0.4, 0.5) is 0 Å². The van der Waals surface area contributed by atoms with Crippen LogP contribution in [0.15, 0.2) is 89.5 Å². The SMILES string of the molecule is CC(C)[C@H](CNC(=O)c1cccc2occc12)NC(=O)c1ccccc1-c1ccccc1. The molecule has 2 N–H and O–H groups in total. The molecule has 5 heteroatoms. The zero-order valence-electron chi connectivity index (χ0n) is 18.2. The van der Waals surface area contributed by atoms with E-state index in [-0.39, 0.29) is 23.8 Å². The lowest BCUT2D eigenvalue weighted by molar-refractivity contribution is 0.0898. The zero-order chi connectivity index (χ0) is 22.5. The largest absolute Gasteiger partial charge is 0.464 e. The Hall–Kier alpha value is -3.86. The zero-order valence-corrected chi connectivity index (χ0v) is 18.2. The van der Waals surface area contributed by atoms with Crippen molar-refractivity contribution in [2.24, 2.45) is 5.92 Å². The number of carbonyl (C=O) groups excluding carboxylic acids is 2. The molecule has 2 amide bonds. The van der Waals surface area contributed by atoms with Crippen LogP contribution in [0.1, 0.15) is 34.6 Å². The van der Waals surface area contributed by atoms with Crippen LogP contribution in [-0.2, 0) is 0 Å². The second-order valence-electron chi connectivity index (χ2n) is 8.08. The van der Waals surface area contributed by atoms with Crippen molar-refractivity contribution in [3.05, 3.63) is 96.3 Å². The maximum absolute atomic E-state index is 13.2. The Bertz CT molecular complexity index is 1230. The Morgan fingerprint density at radius 2 is 1.53 bits per heavy atom. The molecule has 4 aromatic rings. The lowest BCUT2D eigenvalue weighted by Gasteiger charge is -2.23.